The molecule has 0 aliphatic carbocycles. The number of aliphatic hydroxyl groups excluding tert-OH is 1. The molecular formula is C11H22N2O4. The van der Waals surface area contributed by atoms with E-state index in [1.807, 2.05) is 13.8 Å². The quantitative estimate of drug-likeness (QED) is 0.627. The maximum absolute atomic E-state index is 11.7. The zero-order valence-electron chi connectivity index (χ0n) is 10.8. The number of nitrogens with one attached hydrogen (secondary N) is 2. The van der Waals surface area contributed by atoms with Crippen LogP contribution in [0.5, 0.6) is 0 Å². The number of hydrogen-bond donors (Lipinski definition) is 3. The fourth-order valence-corrected chi connectivity index (χ4v) is 1.19. The summed E-state index contributed by atoms with van der Waals surface area (Å²) in [5.41, 5.74) is 0. The van der Waals surface area contributed by atoms with Gasteiger partial charge in [0.25, 0.3) is 0 Å². The van der Waals surface area contributed by atoms with Crippen molar-refractivity contribution in [2.45, 2.75) is 39.8 Å². The summed E-state index contributed by atoms with van der Waals surface area (Å²) in [6, 6.07) is -0.659. The molecule has 0 bridgehead atoms. The Morgan fingerprint density at radius 1 is 1.29 bits per heavy atom. The third-order valence-electron chi connectivity index (χ3n) is 2.07. The van der Waals surface area contributed by atoms with Crippen LogP contribution in [0.3, 0.4) is 0 Å². The van der Waals surface area contributed by atoms with Gasteiger partial charge in [0.2, 0.25) is 5.91 Å². The monoisotopic (exact) mass is 246 g/mol. The number of carbonyl (C=O) groups excluding carboxylic acids is 2. The molecule has 0 heterocycles. The van der Waals surface area contributed by atoms with Gasteiger partial charge >= 0.3 is 6.09 Å². The lowest BCUT2D eigenvalue weighted by atomic mass is 10.0. The Bertz CT molecular complexity index is 254. The van der Waals surface area contributed by atoms with Crippen molar-refractivity contribution in [3.8, 4) is 0 Å². The molecular weight excluding hydrogens is 224 g/mol. The van der Waals surface area contributed by atoms with Gasteiger partial charge in [0.1, 0.15) is 6.04 Å². The summed E-state index contributed by atoms with van der Waals surface area (Å²) in [6.45, 7) is 7.32. The third kappa shape index (κ3) is 6.78. The number of amides is 2. The van der Waals surface area contributed by atoms with Crippen molar-refractivity contribution >= 4 is 12.0 Å². The molecule has 6 nitrogen and oxygen atoms in total. The Kier molecular flexibility index (Phi) is 7.29. The van der Waals surface area contributed by atoms with Crippen LogP contribution in [0.15, 0.2) is 0 Å². The number of alkyl carbamates (subject to hydrolysis) is 1. The minimum Gasteiger partial charge on any atom is -0.450 e. The van der Waals surface area contributed by atoms with Crippen LogP contribution in [0, 0.1) is 5.92 Å². The predicted octanol–water partition coefficient (Wildman–Crippen LogP) is 0.254. The molecule has 0 aliphatic heterocycles. The van der Waals surface area contributed by atoms with Crippen molar-refractivity contribution in [1.82, 2.24) is 10.6 Å². The molecule has 2 unspecified atom stereocenters. The first-order chi connectivity index (χ1) is 7.88. The highest BCUT2D eigenvalue weighted by Crippen LogP contribution is 2.02. The Hall–Kier alpha value is -1.30. The minimum atomic E-state index is -0.659. The van der Waals surface area contributed by atoms with Crippen molar-refractivity contribution in [2.75, 3.05) is 13.2 Å². The van der Waals surface area contributed by atoms with Crippen LogP contribution in [-0.2, 0) is 9.53 Å². The second-order valence-corrected chi connectivity index (χ2v) is 4.18. The van der Waals surface area contributed by atoms with E-state index >= 15 is 0 Å². The van der Waals surface area contributed by atoms with E-state index in [0.717, 1.165) is 0 Å². The molecule has 2 atom stereocenters. The summed E-state index contributed by atoms with van der Waals surface area (Å²) in [7, 11) is 0. The van der Waals surface area contributed by atoms with E-state index in [1.165, 1.54) is 0 Å². The van der Waals surface area contributed by atoms with E-state index in [4.69, 9.17) is 9.84 Å². The van der Waals surface area contributed by atoms with Crippen LogP contribution in [0.25, 0.3) is 0 Å². The molecule has 0 aromatic rings. The molecule has 0 aliphatic rings. The Morgan fingerprint density at radius 3 is 2.29 bits per heavy atom. The van der Waals surface area contributed by atoms with Crippen LogP contribution in [0.4, 0.5) is 4.79 Å². The average molecular weight is 246 g/mol. The van der Waals surface area contributed by atoms with Crippen molar-refractivity contribution < 1.29 is 19.4 Å². The van der Waals surface area contributed by atoms with Gasteiger partial charge in [-0.15, -0.1) is 0 Å². The minimum absolute atomic E-state index is 0.0617. The highest BCUT2D eigenvalue weighted by atomic mass is 16.5. The Morgan fingerprint density at radius 2 is 1.88 bits per heavy atom. The fourth-order valence-electron chi connectivity index (χ4n) is 1.19. The topological polar surface area (TPSA) is 87.7 Å². The SMILES string of the molecule is CCOC(=O)NC(C(=O)NCC(C)O)C(C)C. The van der Waals surface area contributed by atoms with Gasteiger partial charge in [0, 0.05) is 6.54 Å². The number of ether oxygens (including phenoxy) is 1. The summed E-state index contributed by atoms with van der Waals surface area (Å²) >= 11 is 0. The maximum atomic E-state index is 11.7. The zero-order chi connectivity index (χ0) is 13.4. The Labute approximate surface area is 102 Å². The van der Waals surface area contributed by atoms with E-state index in [9.17, 15) is 9.59 Å². The summed E-state index contributed by atoms with van der Waals surface area (Å²) in [5.74, 6) is -0.387. The summed E-state index contributed by atoms with van der Waals surface area (Å²) in [6.07, 6.45) is -1.23. The van der Waals surface area contributed by atoms with Gasteiger partial charge in [-0.25, -0.2) is 4.79 Å². The molecule has 2 amide bonds. The fraction of sp³-hybridized carbons (Fsp3) is 0.818. The smallest absolute Gasteiger partial charge is 0.407 e. The molecule has 0 saturated heterocycles. The molecule has 0 spiro atoms. The van der Waals surface area contributed by atoms with Crippen molar-refractivity contribution in [1.29, 1.82) is 0 Å². The van der Waals surface area contributed by atoms with Crippen molar-refractivity contribution in [2.24, 2.45) is 5.92 Å². The van der Waals surface area contributed by atoms with Gasteiger partial charge in [0.05, 0.1) is 12.7 Å². The van der Waals surface area contributed by atoms with E-state index in [0.29, 0.717) is 0 Å². The van der Waals surface area contributed by atoms with Crippen molar-refractivity contribution in [3.05, 3.63) is 0 Å². The van der Waals surface area contributed by atoms with Crippen LogP contribution < -0.4 is 10.6 Å². The second kappa shape index (κ2) is 7.89. The number of aliphatic hydroxyl groups is 1. The van der Waals surface area contributed by atoms with Gasteiger partial charge in [-0.1, -0.05) is 13.8 Å². The van der Waals surface area contributed by atoms with Gasteiger partial charge in [-0.3, -0.25) is 4.79 Å². The molecule has 0 fully saturated rings. The normalized spacial score (nSPS) is 14.0. The summed E-state index contributed by atoms with van der Waals surface area (Å²) < 4.78 is 4.72. The standard InChI is InChI=1S/C11H22N2O4/c1-5-17-11(16)13-9(7(2)3)10(15)12-6-8(4)14/h7-9,14H,5-6H2,1-4H3,(H,12,15)(H,13,16). The van der Waals surface area contributed by atoms with E-state index < -0.39 is 18.2 Å². The summed E-state index contributed by atoms with van der Waals surface area (Å²) in [5, 5.41) is 14.1. The first-order valence-corrected chi connectivity index (χ1v) is 5.77. The molecule has 100 valence electrons. The first-order valence-electron chi connectivity index (χ1n) is 5.77. The molecule has 0 aromatic carbocycles. The highest BCUT2D eigenvalue weighted by Gasteiger charge is 2.24. The van der Waals surface area contributed by atoms with Gasteiger partial charge in [-0.2, -0.15) is 0 Å². The second-order valence-electron chi connectivity index (χ2n) is 4.18. The number of carbonyl (C=O) groups is 2. The first kappa shape index (κ1) is 15.7. The zero-order valence-corrected chi connectivity index (χ0v) is 10.8. The average Bonchev–Trinajstić information content (AvgIpc) is 2.22. The Balaban J connectivity index is 4.31. The van der Waals surface area contributed by atoms with Crippen LogP contribution in [0.2, 0.25) is 0 Å². The molecule has 3 N–H and O–H groups in total. The van der Waals surface area contributed by atoms with E-state index in [-0.39, 0.29) is 25.0 Å². The third-order valence-corrected chi connectivity index (χ3v) is 2.07. The van der Waals surface area contributed by atoms with Crippen LogP contribution >= 0.6 is 0 Å². The van der Waals surface area contributed by atoms with Crippen LogP contribution in [-0.4, -0.2) is 42.4 Å². The lowest BCUT2D eigenvalue weighted by Gasteiger charge is -2.21. The van der Waals surface area contributed by atoms with E-state index in [1.54, 1.807) is 13.8 Å². The predicted molar refractivity (Wildman–Crippen MR) is 63.5 cm³/mol. The van der Waals surface area contributed by atoms with Gasteiger partial charge in [0.15, 0.2) is 0 Å². The molecule has 17 heavy (non-hydrogen) atoms. The largest absolute Gasteiger partial charge is 0.450 e. The maximum Gasteiger partial charge on any atom is 0.407 e. The summed E-state index contributed by atoms with van der Waals surface area (Å²) in [4.78, 5) is 23.0. The van der Waals surface area contributed by atoms with E-state index in [2.05, 4.69) is 10.6 Å². The molecule has 0 aromatic heterocycles. The molecule has 0 saturated carbocycles. The van der Waals surface area contributed by atoms with Crippen molar-refractivity contribution in [3.63, 3.8) is 0 Å². The number of rotatable bonds is 6. The number of hydrogen-bond acceptors (Lipinski definition) is 4. The lowest BCUT2D eigenvalue weighted by Crippen LogP contribution is -2.50. The van der Waals surface area contributed by atoms with Gasteiger partial charge < -0.3 is 20.5 Å². The highest BCUT2D eigenvalue weighted by molar-refractivity contribution is 5.85. The lowest BCUT2D eigenvalue weighted by molar-refractivity contribution is -0.124. The molecule has 0 rings (SSSR count). The molecule has 6 heteroatoms. The van der Waals surface area contributed by atoms with Gasteiger partial charge in [-0.05, 0) is 19.8 Å². The molecule has 0 radical (unpaired) electrons. The van der Waals surface area contributed by atoms with Crippen LogP contribution in [0.1, 0.15) is 27.7 Å².